The third-order valence-corrected chi connectivity index (χ3v) is 4.80. The first kappa shape index (κ1) is 16.1. The fourth-order valence-electron chi connectivity index (χ4n) is 3.13. The van der Waals surface area contributed by atoms with E-state index in [0.29, 0.717) is 11.4 Å². The van der Waals surface area contributed by atoms with Crippen molar-refractivity contribution >= 4 is 22.6 Å². The second-order valence-electron chi connectivity index (χ2n) is 5.26. The maximum Gasteiger partial charge on any atom is 0.167 e. The molecule has 0 saturated carbocycles. The molecule has 0 unspecified atom stereocenters. The van der Waals surface area contributed by atoms with Gasteiger partial charge in [-0.15, -0.1) is 11.6 Å². The number of halogens is 2. The third-order valence-electron chi connectivity index (χ3n) is 4.57. The lowest BCUT2D eigenvalue weighted by atomic mass is 9.89. The van der Waals surface area contributed by atoms with Crippen molar-refractivity contribution in [2.45, 2.75) is 51.5 Å². The molecule has 0 atom stereocenters. The van der Waals surface area contributed by atoms with Crippen LogP contribution in [-0.2, 0) is 11.4 Å². The van der Waals surface area contributed by atoms with Gasteiger partial charge in [0.1, 0.15) is 5.82 Å². The Labute approximate surface area is 130 Å². The quantitative estimate of drug-likeness (QED) is 0.713. The molecule has 0 amide bonds. The predicted molar refractivity (Wildman–Crippen MR) is 84.6 cm³/mol. The average Bonchev–Trinajstić information content (AvgIpc) is 2.87. The number of ether oxygens (including phenoxy) is 1. The number of aromatic nitrogens is 2. The van der Waals surface area contributed by atoms with Crippen LogP contribution < -0.4 is 4.74 Å². The summed E-state index contributed by atoms with van der Waals surface area (Å²) in [5.74, 6) is 0.929. The number of alkyl halides is 1. The van der Waals surface area contributed by atoms with Gasteiger partial charge in [0.25, 0.3) is 0 Å². The number of benzene rings is 1. The molecule has 0 fully saturated rings. The van der Waals surface area contributed by atoms with Gasteiger partial charge in [0.05, 0.1) is 24.0 Å². The van der Waals surface area contributed by atoms with E-state index in [-0.39, 0.29) is 11.3 Å². The van der Waals surface area contributed by atoms with E-state index in [0.717, 1.165) is 30.6 Å². The molecule has 0 aliphatic rings. The van der Waals surface area contributed by atoms with E-state index in [1.54, 1.807) is 6.07 Å². The Morgan fingerprint density at radius 1 is 1.24 bits per heavy atom. The first-order valence-corrected chi connectivity index (χ1v) is 7.91. The minimum Gasteiger partial charge on any atom is -0.494 e. The molecular formula is C16H22ClFN2O. The molecule has 3 nitrogen and oxygen atoms in total. The van der Waals surface area contributed by atoms with Crippen molar-refractivity contribution in [3.8, 4) is 5.75 Å². The number of hydrogen-bond acceptors (Lipinski definition) is 2. The van der Waals surface area contributed by atoms with Gasteiger partial charge in [-0.25, -0.2) is 9.37 Å². The van der Waals surface area contributed by atoms with Gasteiger partial charge in [0, 0.05) is 17.7 Å². The maximum absolute atomic E-state index is 13.9. The van der Waals surface area contributed by atoms with Gasteiger partial charge < -0.3 is 9.30 Å². The van der Waals surface area contributed by atoms with Crippen LogP contribution in [0.25, 0.3) is 11.0 Å². The molecule has 0 aliphatic heterocycles. The molecule has 0 N–H and O–H groups in total. The van der Waals surface area contributed by atoms with Crippen LogP contribution in [0.4, 0.5) is 4.39 Å². The van der Waals surface area contributed by atoms with Crippen molar-refractivity contribution < 1.29 is 9.13 Å². The summed E-state index contributed by atoms with van der Waals surface area (Å²) in [4.78, 5) is 4.51. The van der Waals surface area contributed by atoms with Gasteiger partial charge in [0.2, 0.25) is 0 Å². The van der Waals surface area contributed by atoms with Crippen LogP contribution in [0, 0.1) is 5.82 Å². The first-order chi connectivity index (χ1) is 10.1. The molecule has 116 valence electrons. The number of methoxy groups -OCH3 is 1. The smallest absolute Gasteiger partial charge is 0.167 e. The van der Waals surface area contributed by atoms with Crippen molar-refractivity contribution in [1.29, 1.82) is 0 Å². The van der Waals surface area contributed by atoms with Crippen molar-refractivity contribution in [1.82, 2.24) is 9.55 Å². The molecule has 0 bridgehead atoms. The number of rotatable bonds is 6. The summed E-state index contributed by atoms with van der Waals surface area (Å²) >= 11 is 6.09. The fourth-order valence-corrected chi connectivity index (χ4v) is 3.31. The highest BCUT2D eigenvalue weighted by Gasteiger charge is 2.30. The van der Waals surface area contributed by atoms with Crippen LogP contribution in [0.5, 0.6) is 5.75 Å². The molecule has 1 heterocycles. The molecule has 5 heteroatoms. The van der Waals surface area contributed by atoms with Gasteiger partial charge >= 0.3 is 0 Å². The van der Waals surface area contributed by atoms with E-state index < -0.39 is 5.82 Å². The summed E-state index contributed by atoms with van der Waals surface area (Å²) in [7, 11) is 1.47. The van der Waals surface area contributed by atoms with E-state index in [2.05, 4.69) is 30.3 Å². The van der Waals surface area contributed by atoms with Crippen molar-refractivity contribution in [2.24, 2.45) is 0 Å². The lowest BCUT2D eigenvalue weighted by Gasteiger charge is -2.34. The lowest BCUT2D eigenvalue weighted by molar-refractivity contribution is 0.252. The van der Waals surface area contributed by atoms with Crippen molar-refractivity contribution in [3.05, 3.63) is 23.8 Å². The first-order valence-electron chi connectivity index (χ1n) is 7.38. The second-order valence-corrected chi connectivity index (χ2v) is 5.52. The monoisotopic (exact) mass is 312 g/mol. The van der Waals surface area contributed by atoms with E-state index in [1.165, 1.54) is 13.2 Å². The summed E-state index contributed by atoms with van der Waals surface area (Å²) in [5, 5.41) is 0. The minimum absolute atomic E-state index is 0.0538. The molecule has 1 aromatic heterocycles. The number of hydrogen-bond donors (Lipinski definition) is 0. The topological polar surface area (TPSA) is 27.1 Å². The Balaban J connectivity index is 2.81. The molecule has 2 aromatic rings. The van der Waals surface area contributed by atoms with E-state index >= 15 is 0 Å². The maximum atomic E-state index is 13.9. The predicted octanol–water partition coefficient (Wildman–Crippen LogP) is 4.85. The summed E-state index contributed by atoms with van der Waals surface area (Å²) in [6.07, 6.45) is 2.90. The molecule has 1 aromatic carbocycles. The number of imidazole rings is 1. The number of fused-ring (bicyclic) bond motifs is 1. The van der Waals surface area contributed by atoms with Crippen LogP contribution in [0.3, 0.4) is 0 Å². The highest BCUT2D eigenvalue weighted by molar-refractivity contribution is 6.16. The van der Waals surface area contributed by atoms with Crippen LogP contribution in [0.1, 0.15) is 45.9 Å². The second kappa shape index (κ2) is 6.22. The Hall–Kier alpha value is -1.29. The van der Waals surface area contributed by atoms with Gasteiger partial charge in [-0.3, -0.25) is 0 Å². The standard InChI is InChI=1S/C16H22ClFN2O/c1-5-16(6-2,7-3)20-13-9-14(21-4)11(18)8-12(13)19-15(20)10-17/h8-9H,5-7,10H2,1-4H3. The van der Waals surface area contributed by atoms with E-state index in [9.17, 15) is 4.39 Å². The SMILES string of the molecule is CCC(CC)(CC)n1c(CCl)nc2cc(F)c(OC)cc21. The molecule has 0 spiro atoms. The Morgan fingerprint density at radius 3 is 2.33 bits per heavy atom. The fraction of sp³-hybridized carbons (Fsp3) is 0.562. The Morgan fingerprint density at radius 2 is 1.86 bits per heavy atom. The zero-order valence-corrected chi connectivity index (χ0v) is 13.8. The van der Waals surface area contributed by atoms with Gasteiger partial charge in [-0.05, 0) is 19.3 Å². The highest BCUT2D eigenvalue weighted by Crippen LogP contribution is 2.36. The summed E-state index contributed by atoms with van der Waals surface area (Å²) in [6.45, 7) is 6.49. The van der Waals surface area contributed by atoms with Crippen molar-refractivity contribution in [3.63, 3.8) is 0 Å². The average molecular weight is 313 g/mol. The van der Waals surface area contributed by atoms with Crippen LogP contribution >= 0.6 is 11.6 Å². The zero-order chi connectivity index (χ0) is 15.6. The largest absolute Gasteiger partial charge is 0.494 e. The molecule has 0 radical (unpaired) electrons. The van der Waals surface area contributed by atoms with E-state index in [1.807, 2.05) is 0 Å². The third kappa shape index (κ3) is 2.50. The van der Waals surface area contributed by atoms with Crippen LogP contribution in [0.2, 0.25) is 0 Å². The summed E-state index contributed by atoms with van der Waals surface area (Å²) in [6, 6.07) is 3.15. The molecule has 2 rings (SSSR count). The summed E-state index contributed by atoms with van der Waals surface area (Å²) in [5.41, 5.74) is 1.46. The zero-order valence-electron chi connectivity index (χ0n) is 13.0. The normalized spacial score (nSPS) is 12.1. The van der Waals surface area contributed by atoms with Gasteiger partial charge in [-0.1, -0.05) is 20.8 Å². The van der Waals surface area contributed by atoms with E-state index in [4.69, 9.17) is 16.3 Å². The molecule has 21 heavy (non-hydrogen) atoms. The van der Waals surface area contributed by atoms with Crippen LogP contribution in [0.15, 0.2) is 12.1 Å². The Kier molecular flexibility index (Phi) is 4.77. The van der Waals surface area contributed by atoms with Gasteiger partial charge in [-0.2, -0.15) is 0 Å². The molecule has 0 saturated heterocycles. The van der Waals surface area contributed by atoms with Crippen molar-refractivity contribution in [2.75, 3.05) is 7.11 Å². The summed E-state index contributed by atoms with van der Waals surface area (Å²) < 4.78 is 21.2. The number of nitrogens with zero attached hydrogens (tertiary/aromatic N) is 2. The van der Waals surface area contributed by atoms with Gasteiger partial charge in [0.15, 0.2) is 11.6 Å². The minimum atomic E-state index is -0.397. The molecule has 0 aliphatic carbocycles. The van der Waals surface area contributed by atoms with Crippen LogP contribution in [-0.4, -0.2) is 16.7 Å². The Bertz CT molecular complexity index is 626. The lowest BCUT2D eigenvalue weighted by Crippen LogP contribution is -2.32. The molecular weight excluding hydrogens is 291 g/mol. The highest BCUT2D eigenvalue weighted by atomic mass is 35.5.